The number of hydrogen-bond acceptors (Lipinski definition) is 0. The Morgan fingerprint density at radius 1 is 1.44 bits per heavy atom. The van der Waals surface area contributed by atoms with E-state index in [9.17, 15) is 17.6 Å². The van der Waals surface area contributed by atoms with Gasteiger partial charge in [-0.2, -0.15) is 13.2 Å². The molecule has 0 atom stereocenters. The van der Waals surface area contributed by atoms with Gasteiger partial charge in [-0.1, -0.05) is 22.6 Å². The predicted octanol–water partition coefficient (Wildman–Crippen LogP) is 2.84. The van der Waals surface area contributed by atoms with E-state index in [-0.39, 0.29) is 4.43 Å². The van der Waals surface area contributed by atoms with Gasteiger partial charge in [0, 0.05) is 4.43 Å². The number of alkyl halides is 4. The third-order valence-corrected chi connectivity index (χ3v) is 1.46. The molecule has 0 saturated heterocycles. The molecule has 0 rings (SSSR count). The molecule has 0 fully saturated rings. The van der Waals surface area contributed by atoms with Crippen LogP contribution in [0, 0.1) is 0 Å². The van der Waals surface area contributed by atoms with Gasteiger partial charge in [-0.15, -0.1) is 0 Å². The summed E-state index contributed by atoms with van der Waals surface area (Å²) in [6.45, 7) is 0. The molecule has 0 unspecified atom stereocenters. The van der Waals surface area contributed by atoms with Crippen LogP contribution in [0.2, 0.25) is 0 Å². The van der Waals surface area contributed by atoms with Gasteiger partial charge in [0.1, 0.15) is 0 Å². The van der Waals surface area contributed by atoms with Gasteiger partial charge in [-0.05, 0) is 0 Å². The van der Waals surface area contributed by atoms with E-state index in [4.69, 9.17) is 0 Å². The number of hydrogen-bond donors (Lipinski definition) is 0. The maximum absolute atomic E-state index is 11.4. The molecular weight excluding hydrogens is 251 g/mol. The van der Waals surface area contributed by atoms with E-state index < -0.39 is 18.1 Å². The second kappa shape index (κ2) is 3.38. The van der Waals surface area contributed by atoms with Crippen molar-refractivity contribution in [2.24, 2.45) is 0 Å². The zero-order valence-electron chi connectivity index (χ0n) is 4.17. The van der Waals surface area contributed by atoms with Crippen LogP contribution in [0.3, 0.4) is 0 Å². The summed E-state index contributed by atoms with van der Waals surface area (Å²) in [7, 11) is 0. The number of allylic oxidation sites excluding steroid dienone is 1. The van der Waals surface area contributed by atoms with Crippen molar-refractivity contribution < 1.29 is 17.6 Å². The fraction of sp³-hybridized carbons (Fsp3) is 0.500. The molecule has 0 aliphatic rings. The van der Waals surface area contributed by atoms with E-state index in [1.54, 1.807) is 0 Å². The first-order chi connectivity index (χ1) is 4.02. The Bertz CT molecular complexity index is 114. The normalized spacial score (nSPS) is 14.1. The lowest BCUT2D eigenvalue weighted by atomic mass is 10.3. The van der Waals surface area contributed by atoms with Gasteiger partial charge in [0.15, 0.2) is 0 Å². The van der Waals surface area contributed by atoms with Crippen molar-refractivity contribution in [1.29, 1.82) is 0 Å². The molecule has 0 aromatic rings. The maximum Gasteiger partial charge on any atom is 0.415 e. The van der Waals surface area contributed by atoms with E-state index in [1.165, 1.54) is 22.6 Å². The average molecular weight is 254 g/mol. The Morgan fingerprint density at radius 2 is 1.89 bits per heavy atom. The Hall–Kier alpha value is 0.190. The Kier molecular flexibility index (Phi) is 3.45. The first-order valence-corrected chi connectivity index (χ1v) is 3.47. The van der Waals surface area contributed by atoms with Crippen LogP contribution in [0.25, 0.3) is 0 Å². The van der Waals surface area contributed by atoms with Crippen LogP contribution < -0.4 is 0 Å². The molecule has 5 heteroatoms. The van der Waals surface area contributed by atoms with Crippen LogP contribution >= 0.6 is 22.6 Å². The van der Waals surface area contributed by atoms with Crippen molar-refractivity contribution in [3.05, 3.63) is 11.9 Å². The number of rotatable bonds is 1. The number of halogens is 5. The highest BCUT2D eigenvalue weighted by atomic mass is 127. The SMILES string of the molecule is FC=C(CI)C(F)(F)F. The van der Waals surface area contributed by atoms with Gasteiger partial charge in [0.2, 0.25) is 0 Å². The molecular formula is C4H3F4I. The lowest BCUT2D eigenvalue weighted by Crippen LogP contribution is -2.12. The van der Waals surface area contributed by atoms with Gasteiger partial charge in [-0.3, -0.25) is 0 Å². The minimum Gasteiger partial charge on any atom is -0.215 e. The molecule has 54 valence electrons. The van der Waals surface area contributed by atoms with E-state index in [0.29, 0.717) is 0 Å². The first kappa shape index (κ1) is 9.19. The highest BCUT2D eigenvalue weighted by molar-refractivity contribution is 14.1. The van der Waals surface area contributed by atoms with Crippen LogP contribution in [-0.4, -0.2) is 10.6 Å². The zero-order valence-corrected chi connectivity index (χ0v) is 6.33. The van der Waals surface area contributed by atoms with E-state index >= 15 is 0 Å². The smallest absolute Gasteiger partial charge is 0.215 e. The average Bonchev–Trinajstić information content (AvgIpc) is 1.65. The van der Waals surface area contributed by atoms with E-state index in [0.717, 1.165) is 0 Å². The molecule has 9 heavy (non-hydrogen) atoms. The standard InChI is InChI=1S/C4H3F4I/c5-1-3(2-9)4(6,7)8/h1H,2H2. The highest BCUT2D eigenvalue weighted by Crippen LogP contribution is 2.26. The van der Waals surface area contributed by atoms with Gasteiger partial charge < -0.3 is 0 Å². The summed E-state index contributed by atoms with van der Waals surface area (Å²) < 4.78 is 45.1. The molecule has 0 saturated carbocycles. The minimum absolute atomic E-state index is 0.349. The third kappa shape index (κ3) is 3.02. The van der Waals surface area contributed by atoms with Gasteiger partial charge in [0.25, 0.3) is 0 Å². The molecule has 0 N–H and O–H groups in total. The van der Waals surface area contributed by atoms with Crippen molar-refractivity contribution in [1.82, 2.24) is 0 Å². The third-order valence-electron chi connectivity index (χ3n) is 0.640. The quantitative estimate of drug-likeness (QED) is 0.383. The summed E-state index contributed by atoms with van der Waals surface area (Å²) >= 11 is 1.45. The Labute approximate surface area is 63.1 Å². The van der Waals surface area contributed by atoms with Crippen LogP contribution in [0.5, 0.6) is 0 Å². The fourth-order valence-electron chi connectivity index (χ4n) is 0.167. The molecule has 0 aliphatic heterocycles. The molecule has 0 spiro atoms. The summed E-state index contributed by atoms with van der Waals surface area (Å²) in [5.74, 6) is 0. The van der Waals surface area contributed by atoms with Crippen LogP contribution in [0.1, 0.15) is 0 Å². The molecule has 0 nitrogen and oxygen atoms in total. The molecule has 0 heterocycles. The van der Waals surface area contributed by atoms with Crippen LogP contribution in [-0.2, 0) is 0 Å². The van der Waals surface area contributed by atoms with Crippen molar-refractivity contribution in [3.63, 3.8) is 0 Å². The van der Waals surface area contributed by atoms with Crippen molar-refractivity contribution >= 4 is 22.6 Å². The summed E-state index contributed by atoms with van der Waals surface area (Å²) in [5.41, 5.74) is -1.14. The van der Waals surface area contributed by atoms with Crippen molar-refractivity contribution in [3.8, 4) is 0 Å². The summed E-state index contributed by atoms with van der Waals surface area (Å²) in [6.07, 6.45) is -4.91. The topological polar surface area (TPSA) is 0 Å². The Balaban J connectivity index is 4.14. The largest absolute Gasteiger partial charge is 0.415 e. The predicted molar refractivity (Wildman–Crippen MR) is 34.1 cm³/mol. The lowest BCUT2D eigenvalue weighted by Gasteiger charge is -2.04. The van der Waals surface area contributed by atoms with Gasteiger partial charge in [0.05, 0.1) is 11.9 Å². The van der Waals surface area contributed by atoms with Crippen LogP contribution in [0.15, 0.2) is 11.9 Å². The highest BCUT2D eigenvalue weighted by Gasteiger charge is 2.32. The summed E-state index contributed by atoms with van der Waals surface area (Å²) in [4.78, 5) is 0. The zero-order chi connectivity index (χ0) is 7.49. The molecule has 0 aromatic carbocycles. The summed E-state index contributed by atoms with van der Waals surface area (Å²) in [5, 5.41) is 0. The first-order valence-electron chi connectivity index (χ1n) is 1.94. The van der Waals surface area contributed by atoms with E-state index in [1.807, 2.05) is 0 Å². The van der Waals surface area contributed by atoms with Gasteiger partial charge in [-0.25, -0.2) is 4.39 Å². The monoisotopic (exact) mass is 254 g/mol. The Morgan fingerprint density at radius 3 is 1.89 bits per heavy atom. The molecule has 0 amide bonds. The second-order valence-corrected chi connectivity index (χ2v) is 2.03. The van der Waals surface area contributed by atoms with Gasteiger partial charge >= 0.3 is 6.18 Å². The summed E-state index contributed by atoms with van der Waals surface area (Å²) in [6, 6.07) is 0. The van der Waals surface area contributed by atoms with Crippen molar-refractivity contribution in [2.45, 2.75) is 6.18 Å². The van der Waals surface area contributed by atoms with Crippen LogP contribution in [0.4, 0.5) is 17.6 Å². The molecule has 0 radical (unpaired) electrons. The minimum atomic E-state index is -4.50. The fourth-order valence-corrected chi connectivity index (χ4v) is 0.766. The van der Waals surface area contributed by atoms with Crippen molar-refractivity contribution in [2.75, 3.05) is 4.43 Å². The second-order valence-electron chi connectivity index (χ2n) is 1.27. The molecule has 0 aliphatic carbocycles. The maximum atomic E-state index is 11.4. The van der Waals surface area contributed by atoms with E-state index in [2.05, 4.69) is 0 Å². The molecule has 0 bridgehead atoms. The molecule has 0 aromatic heterocycles. The lowest BCUT2D eigenvalue weighted by molar-refractivity contribution is -0.0913.